The monoisotopic (exact) mass is 287 g/mol. The van der Waals surface area contributed by atoms with Crippen molar-refractivity contribution in [3.8, 4) is 0 Å². The van der Waals surface area contributed by atoms with Gasteiger partial charge in [0.05, 0.1) is 0 Å². The summed E-state index contributed by atoms with van der Waals surface area (Å²) in [6, 6.07) is 0.840. The summed E-state index contributed by atoms with van der Waals surface area (Å²) in [4.78, 5) is 17.2. The van der Waals surface area contributed by atoms with Gasteiger partial charge in [0.2, 0.25) is 0 Å². The molecule has 2 saturated carbocycles. The minimum absolute atomic E-state index is 0.287. The molecule has 21 heavy (non-hydrogen) atoms. The zero-order chi connectivity index (χ0) is 14.5. The highest BCUT2D eigenvalue weighted by atomic mass is 16.1. The fraction of sp³-hybridized carbons (Fsp3) is 0.667. The van der Waals surface area contributed by atoms with Crippen LogP contribution >= 0.6 is 0 Å². The molecule has 2 aliphatic carbocycles. The Bertz CT molecular complexity index is 324. The molecule has 0 aromatic carbocycles. The molecule has 0 aromatic heterocycles. The lowest BCUT2D eigenvalue weighted by Gasteiger charge is -2.40. The quantitative estimate of drug-likeness (QED) is 0.775. The topological polar surface area (TPSA) is 23.6 Å². The second-order valence-corrected chi connectivity index (χ2v) is 6.52. The predicted molar refractivity (Wildman–Crippen MR) is 85.0 cm³/mol. The molecule has 0 unspecified atom stereocenters. The molecule has 3 fully saturated rings. The molecule has 3 heteroatoms. The van der Waals surface area contributed by atoms with Gasteiger partial charge in [0.25, 0.3) is 0 Å². The van der Waals surface area contributed by atoms with Crippen molar-refractivity contribution in [2.45, 2.75) is 44.6 Å². The second kappa shape index (κ2) is 7.73. The number of hydrogen-bond acceptors (Lipinski definition) is 3. The maximum atomic E-state index is 12.0. The van der Waals surface area contributed by atoms with E-state index in [1.807, 2.05) is 25.7 Å². The zero-order valence-electron chi connectivity index (χ0n) is 13.0. The van der Waals surface area contributed by atoms with E-state index < -0.39 is 0 Å². The molecule has 3 aliphatic rings. The standard InChI is InChI=1S/C18H27N2O/c21-18(16-6-4-5-7-16)10-11-19-12-14-20(15-13-19)17-8-2-1-3-9-17/h4-7,17H,1-3,8-15H2. The second-order valence-electron chi connectivity index (χ2n) is 6.52. The number of carbonyl (C=O) groups excluding carboxylic acids is 1. The first-order valence-corrected chi connectivity index (χ1v) is 8.54. The molecule has 3 rings (SSSR count). The Morgan fingerprint density at radius 2 is 1.67 bits per heavy atom. The number of nitrogens with zero attached hydrogens (tertiary/aromatic N) is 2. The fourth-order valence-electron chi connectivity index (χ4n) is 3.76. The first kappa shape index (κ1) is 15.5. The molecule has 0 bridgehead atoms. The molecule has 1 heterocycles. The third kappa shape index (κ3) is 4.29. The molecule has 5 radical (unpaired) electrons. The summed E-state index contributed by atoms with van der Waals surface area (Å²) in [6.45, 7) is 5.56. The van der Waals surface area contributed by atoms with Crippen LogP contribution in [0.4, 0.5) is 0 Å². The van der Waals surface area contributed by atoms with Gasteiger partial charge in [-0.1, -0.05) is 19.3 Å². The van der Waals surface area contributed by atoms with Crippen LogP contribution in [0.5, 0.6) is 0 Å². The number of piperazine rings is 1. The minimum Gasteiger partial charge on any atom is -0.300 e. The third-order valence-electron chi connectivity index (χ3n) is 5.14. The van der Waals surface area contributed by atoms with E-state index in [2.05, 4.69) is 9.80 Å². The van der Waals surface area contributed by atoms with Gasteiger partial charge >= 0.3 is 0 Å². The minimum atomic E-state index is 0.287. The summed E-state index contributed by atoms with van der Waals surface area (Å²) >= 11 is 0. The van der Waals surface area contributed by atoms with E-state index in [1.165, 1.54) is 45.2 Å². The average Bonchev–Trinajstić information content (AvgIpc) is 3.08. The number of rotatable bonds is 5. The van der Waals surface area contributed by atoms with Gasteiger partial charge in [-0.2, -0.15) is 0 Å². The molecule has 0 N–H and O–H groups in total. The molecule has 1 saturated heterocycles. The Balaban J connectivity index is 1.34. The zero-order valence-corrected chi connectivity index (χ0v) is 13.0. The fourth-order valence-corrected chi connectivity index (χ4v) is 3.76. The maximum Gasteiger partial charge on any atom is 0.141 e. The third-order valence-corrected chi connectivity index (χ3v) is 5.14. The molecule has 115 valence electrons. The Kier molecular flexibility index (Phi) is 5.70. The first-order valence-electron chi connectivity index (χ1n) is 8.54. The molecular weight excluding hydrogens is 260 g/mol. The number of carbonyl (C=O) groups is 1. The summed E-state index contributed by atoms with van der Waals surface area (Å²) in [5.74, 6) is 1.16. The number of Topliss-reactive ketones (excluding diaryl/α,β-unsaturated/α-hetero) is 1. The van der Waals surface area contributed by atoms with Crippen LogP contribution in [-0.4, -0.2) is 54.3 Å². The average molecular weight is 287 g/mol. The van der Waals surface area contributed by atoms with Crippen LogP contribution in [0.2, 0.25) is 0 Å². The Labute approximate surface area is 130 Å². The van der Waals surface area contributed by atoms with E-state index >= 15 is 0 Å². The van der Waals surface area contributed by atoms with Crippen LogP contribution in [-0.2, 0) is 4.79 Å². The highest BCUT2D eigenvalue weighted by Gasteiger charge is 2.27. The van der Waals surface area contributed by atoms with Gasteiger partial charge in [-0.05, 0) is 38.5 Å². The van der Waals surface area contributed by atoms with E-state index in [-0.39, 0.29) is 5.78 Å². The van der Waals surface area contributed by atoms with Crippen LogP contribution in [0.3, 0.4) is 0 Å². The maximum absolute atomic E-state index is 12.0. The number of ketones is 1. The van der Waals surface area contributed by atoms with Crippen LogP contribution in [0.1, 0.15) is 38.5 Å². The molecule has 1 aliphatic heterocycles. The summed E-state index contributed by atoms with van der Waals surface area (Å²) in [6.07, 6.45) is 15.4. The van der Waals surface area contributed by atoms with Gasteiger partial charge in [-0.25, -0.2) is 0 Å². The molecular formula is C18H27N2O. The largest absolute Gasteiger partial charge is 0.300 e. The van der Waals surface area contributed by atoms with Gasteiger partial charge in [-0.3, -0.25) is 9.69 Å². The lowest BCUT2D eigenvalue weighted by atomic mass is 9.94. The van der Waals surface area contributed by atoms with Gasteiger partial charge in [0.1, 0.15) is 5.78 Å². The smallest absolute Gasteiger partial charge is 0.141 e. The molecule has 3 nitrogen and oxygen atoms in total. The summed E-state index contributed by atoms with van der Waals surface area (Å²) in [5.41, 5.74) is 0. The van der Waals surface area contributed by atoms with E-state index in [1.54, 1.807) is 0 Å². The van der Waals surface area contributed by atoms with Crippen LogP contribution in [0, 0.1) is 31.6 Å². The highest BCUT2D eigenvalue weighted by Crippen LogP contribution is 2.25. The highest BCUT2D eigenvalue weighted by molar-refractivity contribution is 5.97. The van der Waals surface area contributed by atoms with Crippen molar-refractivity contribution in [3.05, 3.63) is 31.6 Å². The normalized spacial score (nSPS) is 27.2. The molecule has 0 aromatic rings. The van der Waals surface area contributed by atoms with Crippen molar-refractivity contribution in [2.75, 3.05) is 32.7 Å². The predicted octanol–water partition coefficient (Wildman–Crippen LogP) is 2.30. The van der Waals surface area contributed by atoms with Gasteiger partial charge in [-0.15, -0.1) is 0 Å². The van der Waals surface area contributed by atoms with Gasteiger partial charge in [0.15, 0.2) is 0 Å². The Morgan fingerprint density at radius 1 is 1.00 bits per heavy atom. The van der Waals surface area contributed by atoms with Crippen LogP contribution in [0.25, 0.3) is 0 Å². The van der Waals surface area contributed by atoms with Crippen molar-refractivity contribution in [1.29, 1.82) is 0 Å². The van der Waals surface area contributed by atoms with E-state index in [0.29, 0.717) is 6.42 Å². The molecule has 0 amide bonds. The molecule has 0 spiro atoms. The Hall–Kier alpha value is -0.410. The van der Waals surface area contributed by atoms with Crippen molar-refractivity contribution >= 4 is 5.78 Å². The van der Waals surface area contributed by atoms with Gasteiger partial charge in [0, 0.05) is 51.1 Å². The van der Waals surface area contributed by atoms with Crippen molar-refractivity contribution < 1.29 is 4.79 Å². The summed E-state index contributed by atoms with van der Waals surface area (Å²) < 4.78 is 0. The van der Waals surface area contributed by atoms with E-state index in [0.717, 1.165) is 31.6 Å². The van der Waals surface area contributed by atoms with E-state index in [4.69, 9.17) is 0 Å². The van der Waals surface area contributed by atoms with E-state index in [9.17, 15) is 4.79 Å². The van der Waals surface area contributed by atoms with Crippen LogP contribution in [0.15, 0.2) is 0 Å². The van der Waals surface area contributed by atoms with Crippen molar-refractivity contribution in [2.24, 2.45) is 0 Å². The molecule has 0 atom stereocenters. The number of hydrogen-bond donors (Lipinski definition) is 0. The van der Waals surface area contributed by atoms with Crippen molar-refractivity contribution in [1.82, 2.24) is 9.80 Å². The SMILES string of the molecule is O=C(CCN1CCN(C2CCCCC2)CC1)[C]1[CH][CH][CH][CH]1. The Morgan fingerprint density at radius 3 is 2.33 bits per heavy atom. The summed E-state index contributed by atoms with van der Waals surface area (Å²) in [5, 5.41) is 0. The van der Waals surface area contributed by atoms with Crippen LogP contribution < -0.4 is 0 Å². The van der Waals surface area contributed by atoms with Gasteiger partial charge < -0.3 is 4.90 Å². The lowest BCUT2D eigenvalue weighted by Crippen LogP contribution is -2.51. The first-order chi connectivity index (χ1) is 10.3. The summed E-state index contributed by atoms with van der Waals surface area (Å²) in [7, 11) is 0. The van der Waals surface area contributed by atoms with Crippen molar-refractivity contribution in [3.63, 3.8) is 0 Å². The lowest BCUT2D eigenvalue weighted by molar-refractivity contribution is -0.117.